The first kappa shape index (κ1) is 56.8. The van der Waals surface area contributed by atoms with Crippen molar-refractivity contribution in [2.75, 3.05) is 13.5 Å². The average Bonchev–Trinajstić information content (AvgIpc) is 2.38. The van der Waals surface area contributed by atoms with Crippen LogP contribution in [0.3, 0.4) is 0 Å². The molecule has 0 aromatic carbocycles. The zero-order chi connectivity index (χ0) is 21.6. The van der Waals surface area contributed by atoms with Gasteiger partial charge in [-0.05, 0) is 0 Å². The predicted octanol–water partition coefficient (Wildman–Crippen LogP) is -7.09. The summed E-state index contributed by atoms with van der Waals surface area (Å²) in [6, 6.07) is 0. The molecule has 0 unspecified atom stereocenters. The van der Waals surface area contributed by atoms with Gasteiger partial charge in [-0.2, -0.15) is 27.7 Å². The van der Waals surface area contributed by atoms with Crippen molar-refractivity contribution >= 4 is 33.2 Å². The summed E-state index contributed by atoms with van der Waals surface area (Å²) in [6.07, 6.45) is 0. The quantitative estimate of drug-likeness (QED) is 0.125. The van der Waals surface area contributed by atoms with Crippen LogP contribution in [-0.2, 0) is 35.5 Å². The van der Waals surface area contributed by atoms with E-state index in [1.165, 1.54) is 0 Å². The largest absolute Gasteiger partial charge is 1.00 e. The van der Waals surface area contributed by atoms with E-state index in [1.807, 2.05) is 0 Å². The number of esters is 1. The van der Waals surface area contributed by atoms with Crippen LogP contribution in [0.5, 0.6) is 0 Å². The number of rotatable bonds is 3. The summed E-state index contributed by atoms with van der Waals surface area (Å²) in [5.74, 6) is -0.104. The number of nitrogens with two attached hydrogens (primary N) is 2. The van der Waals surface area contributed by atoms with Crippen molar-refractivity contribution in [2.24, 2.45) is 11.5 Å². The first-order chi connectivity index (χ1) is 11.2. The van der Waals surface area contributed by atoms with Crippen LogP contribution in [0.4, 0.5) is 0 Å². The molecule has 0 saturated carbocycles. The standard InChI is InChI=1S/C5H10NO2.C4H7O2.CH5NO.2CH4.2Na.2O3S/c1-4(2)5(7)8-3-6;1-3(2)4(5)6;2-1-3;;;;;2*1-4(2)3/h3,6H2,1-2H3;1-2H3,(H,5,6);3H,1-2H2;2*1H4;;;;/q2*-1;;;;2*+1;;. The van der Waals surface area contributed by atoms with Gasteiger partial charge in [0, 0.05) is 0 Å². The monoisotopic (exact) mass is 488 g/mol. The van der Waals surface area contributed by atoms with E-state index in [0.717, 1.165) is 0 Å². The Morgan fingerprint density at radius 2 is 1.00 bits per heavy atom. The molecule has 0 aliphatic carbocycles. The van der Waals surface area contributed by atoms with Gasteiger partial charge in [0.15, 0.2) is 11.9 Å². The molecule has 13 nitrogen and oxygen atoms in total. The topological polar surface area (TPSA) is 238 Å². The van der Waals surface area contributed by atoms with Crippen molar-refractivity contribution in [1.29, 1.82) is 0 Å². The molecule has 0 heterocycles. The molecule has 0 atom stereocenters. The first-order valence-corrected chi connectivity index (χ1v) is 7.76. The molecule has 0 aromatic rings. The van der Waals surface area contributed by atoms with Crippen LogP contribution in [0.15, 0.2) is 0 Å². The third kappa shape index (κ3) is 159. The molecule has 17 heteroatoms. The van der Waals surface area contributed by atoms with Gasteiger partial charge in [-0.25, -0.2) is 0 Å². The van der Waals surface area contributed by atoms with E-state index in [2.05, 4.69) is 10.5 Å². The minimum atomic E-state index is -3.11. The summed E-state index contributed by atoms with van der Waals surface area (Å²) in [6.45, 7) is 6.19. The maximum absolute atomic E-state index is 10.4. The van der Waals surface area contributed by atoms with Crippen molar-refractivity contribution in [3.05, 3.63) is 11.8 Å². The molecule has 29 heavy (non-hydrogen) atoms. The Morgan fingerprint density at radius 1 is 0.828 bits per heavy atom. The number of hydrogen-bond acceptors (Lipinski definition) is 12. The molecule has 0 fully saturated rings. The zero-order valence-corrected chi connectivity index (χ0v) is 21.6. The van der Waals surface area contributed by atoms with Gasteiger partial charge >= 0.3 is 80.3 Å². The second-order valence-corrected chi connectivity index (χ2v) is 4.31. The van der Waals surface area contributed by atoms with Crippen LogP contribution in [0.1, 0.15) is 42.5 Å². The molecule has 0 amide bonds. The van der Waals surface area contributed by atoms with Gasteiger partial charge in [-0.15, -0.1) is 25.3 Å². The van der Waals surface area contributed by atoms with Gasteiger partial charge in [0.05, 0.1) is 6.73 Å². The number of carbonyl (C=O) groups excluding carboxylic acids is 1. The first-order valence-electron chi connectivity index (χ1n) is 5.76. The molecule has 0 radical (unpaired) electrons. The van der Waals surface area contributed by atoms with Crippen LogP contribution in [0.2, 0.25) is 0 Å². The van der Waals surface area contributed by atoms with Crippen LogP contribution in [-0.4, -0.2) is 60.9 Å². The number of aliphatic hydroxyl groups is 1. The van der Waals surface area contributed by atoms with Crippen molar-refractivity contribution in [3.8, 4) is 0 Å². The second-order valence-electron chi connectivity index (χ2n) is 3.49. The van der Waals surface area contributed by atoms with Crippen LogP contribution in [0.25, 0.3) is 0 Å². The molecule has 0 aliphatic heterocycles. The van der Waals surface area contributed by atoms with E-state index in [1.54, 1.807) is 27.7 Å². The van der Waals surface area contributed by atoms with Crippen LogP contribution < -0.4 is 70.6 Å². The van der Waals surface area contributed by atoms with Gasteiger partial charge in [0.1, 0.15) is 6.73 Å². The molecule has 0 saturated heterocycles. The summed E-state index contributed by atoms with van der Waals surface area (Å²) in [5.41, 5.74) is 9.31. The molecule has 0 spiro atoms. The Labute approximate surface area is 219 Å². The number of ether oxygens (including phenoxy) is 1. The Balaban J connectivity index is -0.0000000248. The molecular formula is C12H30N2Na2O11S2. The average molecular weight is 488 g/mol. The molecular weight excluding hydrogens is 458 g/mol. The Morgan fingerprint density at radius 3 is 1.03 bits per heavy atom. The van der Waals surface area contributed by atoms with E-state index < -0.39 is 27.2 Å². The van der Waals surface area contributed by atoms with E-state index in [-0.39, 0.29) is 93.4 Å². The van der Waals surface area contributed by atoms with Gasteiger partial charge in [0.25, 0.3) is 0 Å². The third-order valence-electron chi connectivity index (χ3n) is 1.05. The molecule has 0 aliphatic rings. The summed E-state index contributed by atoms with van der Waals surface area (Å²) in [4.78, 5) is 20.1. The second kappa shape index (κ2) is 46.2. The maximum Gasteiger partial charge on any atom is 1.00 e. The SMILES string of the molecule is C.C.C[C-](C)C(=O)O.C[C-](C)C(=O)OCN.NCO.O=S(=O)=O.O=S(=O)=O.[Na+].[Na+]. The van der Waals surface area contributed by atoms with Crippen molar-refractivity contribution < 1.29 is 109 Å². The van der Waals surface area contributed by atoms with Crippen LogP contribution >= 0.6 is 0 Å². The number of carbonyl (C=O) groups is 2. The number of aliphatic carboxylic acids is 1. The van der Waals surface area contributed by atoms with Crippen LogP contribution in [0, 0.1) is 11.8 Å². The molecule has 0 rings (SSSR count). The maximum atomic E-state index is 10.4. The fraction of sp³-hybridized carbons (Fsp3) is 0.667. The van der Waals surface area contributed by atoms with Gasteiger partial charge in [-0.3, -0.25) is 27.2 Å². The van der Waals surface area contributed by atoms with Gasteiger partial charge in [-0.1, -0.05) is 14.9 Å². The van der Waals surface area contributed by atoms with Crippen molar-refractivity contribution in [1.82, 2.24) is 0 Å². The minimum Gasteiger partial charge on any atom is -0.503 e. The number of hydrogen-bond donors (Lipinski definition) is 4. The fourth-order valence-corrected chi connectivity index (χ4v) is 0.220. The Hall–Kier alpha value is -0.200. The number of carboxylic acid groups (broad SMARTS) is 1. The summed E-state index contributed by atoms with van der Waals surface area (Å²) in [5, 5.41) is 15.3. The summed E-state index contributed by atoms with van der Waals surface area (Å²) in [7, 11) is -6.22. The summed E-state index contributed by atoms with van der Waals surface area (Å²) < 4.78 is 55.1. The Bertz CT molecular complexity index is 495. The minimum absolute atomic E-state index is 0. The molecule has 0 bridgehead atoms. The molecule has 168 valence electrons. The van der Waals surface area contributed by atoms with E-state index in [4.69, 9.17) is 41.2 Å². The number of aliphatic hydroxyl groups excluding tert-OH is 1. The predicted molar refractivity (Wildman–Crippen MR) is 96.1 cm³/mol. The van der Waals surface area contributed by atoms with Gasteiger partial charge < -0.3 is 20.7 Å². The third-order valence-corrected chi connectivity index (χ3v) is 1.05. The smallest absolute Gasteiger partial charge is 0.503 e. The number of carboxylic acids is 1. The normalized spacial score (nSPS) is 6.17. The fourth-order valence-electron chi connectivity index (χ4n) is 0.220. The van der Waals surface area contributed by atoms with Crippen molar-refractivity contribution in [3.63, 3.8) is 0 Å². The van der Waals surface area contributed by atoms with Gasteiger partial charge in [0.2, 0.25) is 0 Å². The van der Waals surface area contributed by atoms with E-state index >= 15 is 0 Å². The Kier molecular flexibility index (Phi) is 90.4. The van der Waals surface area contributed by atoms with E-state index in [9.17, 15) is 9.59 Å². The summed E-state index contributed by atoms with van der Waals surface area (Å²) >= 11 is 0. The van der Waals surface area contributed by atoms with E-state index in [0.29, 0.717) is 11.8 Å². The molecule has 0 aromatic heterocycles. The molecule has 6 N–H and O–H groups in total. The zero-order valence-electron chi connectivity index (χ0n) is 16.0. The van der Waals surface area contributed by atoms with Crippen molar-refractivity contribution in [2.45, 2.75) is 42.5 Å².